The molecule has 1 N–H and O–H groups in total. The van der Waals surface area contributed by atoms with Crippen molar-refractivity contribution in [1.29, 1.82) is 0 Å². The molecule has 2 aromatic carbocycles. The van der Waals surface area contributed by atoms with Gasteiger partial charge in [-0.3, -0.25) is 4.57 Å². The van der Waals surface area contributed by atoms with Crippen LogP contribution in [0.5, 0.6) is 11.5 Å². The van der Waals surface area contributed by atoms with Crippen LogP contribution >= 0.6 is 12.2 Å². The van der Waals surface area contributed by atoms with E-state index in [1.165, 1.54) is 22.4 Å². The van der Waals surface area contributed by atoms with E-state index in [2.05, 4.69) is 34.9 Å². The molecule has 1 aliphatic heterocycles. The summed E-state index contributed by atoms with van der Waals surface area (Å²) in [4.78, 5) is 1.46. The van der Waals surface area contributed by atoms with Crippen LogP contribution in [0.15, 0.2) is 48.5 Å². The van der Waals surface area contributed by atoms with E-state index < -0.39 is 0 Å². The molecular formula is C23H29N4O2S+. The molecular weight excluding hydrogens is 396 g/mol. The lowest BCUT2D eigenvalue weighted by Crippen LogP contribution is -3.09. The van der Waals surface area contributed by atoms with Gasteiger partial charge >= 0.3 is 0 Å². The first-order valence-corrected chi connectivity index (χ1v) is 10.8. The number of hydrogen-bond donors (Lipinski definition) is 1. The van der Waals surface area contributed by atoms with Crippen LogP contribution in [0.4, 0.5) is 0 Å². The van der Waals surface area contributed by atoms with Crippen molar-refractivity contribution < 1.29 is 14.4 Å². The fourth-order valence-corrected chi connectivity index (χ4v) is 4.68. The minimum absolute atomic E-state index is 0.354. The zero-order chi connectivity index (χ0) is 21.1. The fraction of sp³-hybridized carbons (Fsp3) is 0.391. The molecule has 1 unspecified atom stereocenters. The summed E-state index contributed by atoms with van der Waals surface area (Å²) in [5.74, 6) is 2.64. The fourth-order valence-electron chi connectivity index (χ4n) is 4.38. The summed E-state index contributed by atoms with van der Waals surface area (Å²) >= 11 is 5.79. The summed E-state index contributed by atoms with van der Waals surface area (Å²) in [5, 5.41) is 4.77. The second-order valence-corrected chi connectivity index (χ2v) is 8.14. The Morgan fingerprint density at radius 3 is 2.67 bits per heavy atom. The molecule has 0 saturated carbocycles. The largest absolute Gasteiger partial charge is 0.497 e. The zero-order valence-electron chi connectivity index (χ0n) is 17.8. The van der Waals surface area contributed by atoms with Crippen LogP contribution in [0.25, 0.3) is 0 Å². The topological polar surface area (TPSA) is 45.7 Å². The molecule has 2 atom stereocenters. The highest BCUT2D eigenvalue weighted by Crippen LogP contribution is 2.31. The highest BCUT2D eigenvalue weighted by Gasteiger charge is 2.33. The van der Waals surface area contributed by atoms with Gasteiger partial charge in [-0.25, -0.2) is 0 Å². The second kappa shape index (κ2) is 9.02. The van der Waals surface area contributed by atoms with Crippen molar-refractivity contribution in [3.05, 3.63) is 70.3 Å². The van der Waals surface area contributed by atoms with E-state index in [1.807, 2.05) is 29.8 Å². The van der Waals surface area contributed by atoms with Crippen molar-refractivity contribution in [2.75, 3.05) is 20.8 Å². The van der Waals surface area contributed by atoms with Crippen molar-refractivity contribution in [3.8, 4) is 11.5 Å². The van der Waals surface area contributed by atoms with Crippen LogP contribution in [-0.2, 0) is 13.2 Å². The Kier molecular flexibility index (Phi) is 6.20. The normalized spacial score (nSPS) is 18.5. The predicted octanol–water partition coefficient (Wildman–Crippen LogP) is 3.17. The number of methoxy groups -OCH3 is 2. The molecule has 4 rings (SSSR count). The number of quaternary nitrogens is 1. The maximum Gasteiger partial charge on any atom is 0.203 e. The minimum Gasteiger partial charge on any atom is -0.497 e. The lowest BCUT2D eigenvalue weighted by molar-refractivity contribution is -0.941. The Hall–Kier alpha value is -2.64. The number of likely N-dealkylation sites (tertiary alicyclic amines) is 1. The van der Waals surface area contributed by atoms with E-state index in [4.69, 9.17) is 26.8 Å². The quantitative estimate of drug-likeness (QED) is 0.591. The lowest BCUT2D eigenvalue weighted by atomic mass is 10.0. The summed E-state index contributed by atoms with van der Waals surface area (Å²) in [6, 6.07) is 16.8. The van der Waals surface area contributed by atoms with Gasteiger partial charge in [-0.1, -0.05) is 30.3 Å². The first-order valence-electron chi connectivity index (χ1n) is 10.4. The lowest BCUT2D eigenvalue weighted by Gasteiger charge is -2.23. The van der Waals surface area contributed by atoms with E-state index in [1.54, 1.807) is 14.2 Å². The average molecular weight is 426 g/mol. The molecule has 30 heavy (non-hydrogen) atoms. The van der Waals surface area contributed by atoms with Gasteiger partial charge in [0.1, 0.15) is 23.4 Å². The third-order valence-corrected chi connectivity index (χ3v) is 6.37. The van der Waals surface area contributed by atoms with Gasteiger partial charge in [0.25, 0.3) is 0 Å². The van der Waals surface area contributed by atoms with Gasteiger partial charge in [-0.05, 0) is 36.8 Å². The number of ether oxygens (including phenoxy) is 2. The summed E-state index contributed by atoms with van der Waals surface area (Å²) < 4.78 is 15.9. The molecule has 0 bridgehead atoms. The molecule has 2 heterocycles. The Morgan fingerprint density at radius 2 is 1.93 bits per heavy atom. The van der Waals surface area contributed by atoms with Crippen LogP contribution in [0.2, 0.25) is 0 Å². The van der Waals surface area contributed by atoms with Gasteiger partial charge in [0.15, 0.2) is 6.67 Å². The summed E-state index contributed by atoms with van der Waals surface area (Å²) in [6.45, 7) is 4.61. The maximum absolute atomic E-state index is 5.79. The Balaban J connectivity index is 1.57. The van der Waals surface area contributed by atoms with Crippen LogP contribution < -0.4 is 14.4 Å². The molecule has 1 aliphatic rings. The molecule has 0 spiro atoms. The Morgan fingerprint density at radius 1 is 1.13 bits per heavy atom. The van der Waals surface area contributed by atoms with Crippen molar-refractivity contribution in [2.24, 2.45) is 0 Å². The van der Waals surface area contributed by atoms with E-state index >= 15 is 0 Å². The standard InChI is InChI=1S/C23H28N4O2S/c1-17-24-27(23(30)26(17)15-18-8-5-4-6-9-18)16-25-13-7-10-21(25)20-12-11-19(28-2)14-22(20)29-3/h4-6,8-9,11-12,14,21H,7,10,13,15-16H2,1-3H3/p+1/t21-/m1/s1. The first kappa shape index (κ1) is 20.6. The van der Waals surface area contributed by atoms with E-state index in [9.17, 15) is 0 Å². The number of aryl methyl sites for hydroxylation is 1. The highest BCUT2D eigenvalue weighted by molar-refractivity contribution is 7.71. The van der Waals surface area contributed by atoms with E-state index in [0.29, 0.717) is 6.04 Å². The highest BCUT2D eigenvalue weighted by atomic mass is 32.1. The molecule has 158 valence electrons. The molecule has 0 aliphatic carbocycles. The van der Waals surface area contributed by atoms with Gasteiger partial charge in [0, 0.05) is 18.9 Å². The van der Waals surface area contributed by atoms with Gasteiger partial charge in [0.2, 0.25) is 4.77 Å². The molecule has 1 fully saturated rings. The third-order valence-electron chi connectivity index (χ3n) is 5.94. The number of aromatic nitrogens is 3. The SMILES string of the molecule is COc1ccc([C@H]2CCC[NH+]2Cn2nc(C)n(Cc3ccccc3)c2=S)c(OC)c1. The summed E-state index contributed by atoms with van der Waals surface area (Å²) in [5.41, 5.74) is 2.45. The number of hydrogen-bond acceptors (Lipinski definition) is 4. The molecule has 0 radical (unpaired) electrons. The molecule has 1 saturated heterocycles. The maximum atomic E-state index is 5.79. The van der Waals surface area contributed by atoms with E-state index in [0.717, 1.165) is 48.3 Å². The van der Waals surface area contributed by atoms with Crippen molar-refractivity contribution in [3.63, 3.8) is 0 Å². The van der Waals surface area contributed by atoms with Crippen LogP contribution in [0, 0.1) is 11.7 Å². The van der Waals surface area contributed by atoms with Crippen LogP contribution in [0.3, 0.4) is 0 Å². The zero-order valence-corrected chi connectivity index (χ0v) is 18.6. The summed E-state index contributed by atoms with van der Waals surface area (Å²) in [6.07, 6.45) is 2.29. The molecule has 6 nitrogen and oxygen atoms in total. The Bertz CT molecular complexity index is 1060. The van der Waals surface area contributed by atoms with Gasteiger partial charge < -0.3 is 14.4 Å². The van der Waals surface area contributed by atoms with Crippen molar-refractivity contribution >= 4 is 12.2 Å². The van der Waals surface area contributed by atoms with Crippen LogP contribution in [-0.4, -0.2) is 35.1 Å². The van der Waals surface area contributed by atoms with Crippen molar-refractivity contribution in [2.45, 2.75) is 39.0 Å². The molecule has 0 amide bonds. The number of rotatable bonds is 7. The number of nitrogens with one attached hydrogen (secondary N) is 1. The average Bonchev–Trinajstić information content (AvgIpc) is 3.34. The molecule has 7 heteroatoms. The molecule has 3 aromatic rings. The van der Waals surface area contributed by atoms with Gasteiger partial charge in [-0.15, -0.1) is 0 Å². The first-order chi connectivity index (χ1) is 14.6. The second-order valence-electron chi connectivity index (χ2n) is 7.77. The number of nitrogens with zero attached hydrogens (tertiary/aromatic N) is 3. The third kappa shape index (κ3) is 4.13. The van der Waals surface area contributed by atoms with Gasteiger partial charge in [0.05, 0.1) is 32.9 Å². The molecule has 1 aromatic heterocycles. The van der Waals surface area contributed by atoms with E-state index in [-0.39, 0.29) is 0 Å². The van der Waals surface area contributed by atoms with Crippen LogP contribution in [0.1, 0.15) is 35.8 Å². The smallest absolute Gasteiger partial charge is 0.203 e. The predicted molar refractivity (Wildman–Crippen MR) is 119 cm³/mol. The monoisotopic (exact) mass is 425 g/mol. The summed E-state index contributed by atoms with van der Waals surface area (Å²) in [7, 11) is 3.40. The van der Waals surface area contributed by atoms with Crippen molar-refractivity contribution in [1.82, 2.24) is 14.3 Å². The minimum atomic E-state index is 0.354. The Labute approximate surface area is 182 Å². The van der Waals surface area contributed by atoms with Gasteiger partial charge in [-0.2, -0.15) is 9.78 Å². The number of benzene rings is 2.